The Morgan fingerprint density at radius 1 is 1.11 bits per heavy atom. The van der Waals surface area contributed by atoms with Crippen LogP contribution < -0.4 is 0 Å². The van der Waals surface area contributed by atoms with E-state index in [4.69, 9.17) is 0 Å². The third kappa shape index (κ3) is 3.32. The SMILES string of the molecule is CN1CCCC1c1ccc(SC2CCCCC2)nc1. The molecule has 1 atom stereocenters. The van der Waals surface area contributed by atoms with E-state index in [1.807, 2.05) is 11.8 Å². The van der Waals surface area contributed by atoms with Gasteiger partial charge in [0.15, 0.2) is 0 Å². The molecule has 2 aliphatic rings. The average Bonchev–Trinajstić information content (AvgIpc) is 2.87. The first-order valence-corrected chi connectivity index (χ1v) is 8.54. The lowest BCUT2D eigenvalue weighted by Gasteiger charge is -2.21. The zero-order valence-corrected chi connectivity index (χ0v) is 12.7. The fourth-order valence-corrected chi connectivity index (χ4v) is 4.51. The van der Waals surface area contributed by atoms with Crippen molar-refractivity contribution >= 4 is 11.8 Å². The molecule has 3 heteroatoms. The van der Waals surface area contributed by atoms with E-state index < -0.39 is 0 Å². The molecule has 0 spiro atoms. The Hall–Kier alpha value is -0.540. The minimum atomic E-state index is 0.598. The maximum atomic E-state index is 4.69. The largest absolute Gasteiger partial charge is 0.299 e. The van der Waals surface area contributed by atoms with Crippen LogP contribution in [-0.2, 0) is 0 Å². The molecule has 104 valence electrons. The van der Waals surface area contributed by atoms with Gasteiger partial charge in [0.1, 0.15) is 0 Å². The molecule has 1 aromatic heterocycles. The van der Waals surface area contributed by atoms with Crippen molar-refractivity contribution in [1.82, 2.24) is 9.88 Å². The van der Waals surface area contributed by atoms with Crippen molar-refractivity contribution in [3.8, 4) is 0 Å². The van der Waals surface area contributed by atoms with Crippen LogP contribution in [0.5, 0.6) is 0 Å². The van der Waals surface area contributed by atoms with E-state index in [1.165, 1.54) is 62.1 Å². The summed E-state index contributed by atoms with van der Waals surface area (Å²) in [5.41, 5.74) is 1.40. The third-order valence-corrected chi connectivity index (χ3v) is 5.79. The van der Waals surface area contributed by atoms with Gasteiger partial charge >= 0.3 is 0 Å². The second-order valence-electron chi connectivity index (χ2n) is 5.95. The smallest absolute Gasteiger partial charge is 0.0962 e. The quantitative estimate of drug-likeness (QED) is 0.820. The standard InChI is InChI=1S/C16H24N2S/c1-18-11-5-8-15(18)13-9-10-16(17-12-13)19-14-6-3-2-4-7-14/h9-10,12,14-15H,2-8,11H2,1H3. The van der Waals surface area contributed by atoms with Crippen LogP contribution in [0.15, 0.2) is 23.4 Å². The van der Waals surface area contributed by atoms with Crippen molar-refractivity contribution < 1.29 is 0 Å². The molecular formula is C16H24N2S. The molecule has 1 saturated carbocycles. The normalized spacial score (nSPS) is 25.8. The Labute approximate surface area is 121 Å². The average molecular weight is 276 g/mol. The van der Waals surface area contributed by atoms with Gasteiger partial charge in [-0.05, 0) is 50.9 Å². The zero-order valence-electron chi connectivity index (χ0n) is 11.8. The maximum Gasteiger partial charge on any atom is 0.0962 e. The molecule has 2 heterocycles. The lowest BCUT2D eigenvalue weighted by molar-refractivity contribution is 0.317. The molecule has 1 aliphatic carbocycles. The summed E-state index contributed by atoms with van der Waals surface area (Å²) >= 11 is 1.99. The van der Waals surface area contributed by atoms with Crippen LogP contribution in [0.3, 0.4) is 0 Å². The minimum absolute atomic E-state index is 0.598. The van der Waals surface area contributed by atoms with Crippen molar-refractivity contribution in [1.29, 1.82) is 0 Å². The lowest BCUT2D eigenvalue weighted by atomic mass is 10.0. The summed E-state index contributed by atoms with van der Waals surface area (Å²) in [4.78, 5) is 7.14. The lowest BCUT2D eigenvalue weighted by Crippen LogP contribution is -2.17. The Balaban J connectivity index is 1.61. The van der Waals surface area contributed by atoms with Crippen LogP contribution in [0.2, 0.25) is 0 Å². The summed E-state index contributed by atoms with van der Waals surface area (Å²) in [7, 11) is 2.22. The predicted octanol–water partition coefficient (Wildman–Crippen LogP) is 4.27. The van der Waals surface area contributed by atoms with Crippen molar-refractivity contribution in [2.45, 2.75) is 61.3 Å². The van der Waals surface area contributed by atoms with E-state index >= 15 is 0 Å². The Morgan fingerprint density at radius 3 is 2.58 bits per heavy atom. The Morgan fingerprint density at radius 2 is 1.95 bits per heavy atom. The van der Waals surface area contributed by atoms with Gasteiger partial charge in [-0.1, -0.05) is 25.3 Å². The first kappa shape index (κ1) is 13.4. The highest BCUT2D eigenvalue weighted by Crippen LogP contribution is 2.34. The molecular weight excluding hydrogens is 252 g/mol. The fourth-order valence-electron chi connectivity index (χ4n) is 3.34. The van der Waals surface area contributed by atoms with Gasteiger partial charge < -0.3 is 0 Å². The summed E-state index contributed by atoms with van der Waals surface area (Å²) in [5.74, 6) is 0. The molecule has 0 N–H and O–H groups in total. The molecule has 1 unspecified atom stereocenters. The van der Waals surface area contributed by atoms with Crippen LogP contribution in [0.25, 0.3) is 0 Å². The van der Waals surface area contributed by atoms with Gasteiger partial charge in [-0.25, -0.2) is 4.98 Å². The Bertz CT molecular complexity index is 398. The van der Waals surface area contributed by atoms with Crippen molar-refractivity contribution in [2.75, 3.05) is 13.6 Å². The van der Waals surface area contributed by atoms with E-state index in [0.29, 0.717) is 6.04 Å². The summed E-state index contributed by atoms with van der Waals surface area (Å²) in [6.45, 7) is 1.23. The number of hydrogen-bond acceptors (Lipinski definition) is 3. The van der Waals surface area contributed by atoms with Gasteiger partial charge in [0, 0.05) is 17.5 Å². The monoisotopic (exact) mass is 276 g/mol. The molecule has 2 nitrogen and oxygen atoms in total. The zero-order chi connectivity index (χ0) is 13.1. The second-order valence-corrected chi connectivity index (χ2v) is 7.27. The van der Waals surface area contributed by atoms with E-state index in [1.54, 1.807) is 0 Å². The van der Waals surface area contributed by atoms with Crippen molar-refractivity contribution in [3.63, 3.8) is 0 Å². The molecule has 1 aliphatic heterocycles. The van der Waals surface area contributed by atoms with Crippen LogP contribution in [0.4, 0.5) is 0 Å². The minimum Gasteiger partial charge on any atom is -0.299 e. The molecule has 1 aromatic rings. The second kappa shape index (κ2) is 6.27. The van der Waals surface area contributed by atoms with E-state index in [0.717, 1.165) is 5.25 Å². The fraction of sp³-hybridized carbons (Fsp3) is 0.688. The molecule has 0 radical (unpaired) electrons. The number of aromatic nitrogens is 1. The molecule has 1 saturated heterocycles. The van der Waals surface area contributed by atoms with E-state index in [9.17, 15) is 0 Å². The van der Waals surface area contributed by atoms with Crippen LogP contribution in [0.1, 0.15) is 56.6 Å². The molecule has 0 aromatic carbocycles. The number of pyridine rings is 1. The number of thioether (sulfide) groups is 1. The summed E-state index contributed by atoms with van der Waals surface area (Å²) in [6.07, 6.45) is 11.7. The topological polar surface area (TPSA) is 16.1 Å². The van der Waals surface area contributed by atoms with E-state index in [-0.39, 0.29) is 0 Å². The highest BCUT2D eigenvalue weighted by Gasteiger charge is 2.23. The summed E-state index contributed by atoms with van der Waals surface area (Å²) in [6, 6.07) is 5.13. The third-order valence-electron chi connectivity index (χ3n) is 4.50. The van der Waals surface area contributed by atoms with Gasteiger partial charge in [-0.3, -0.25) is 4.90 Å². The molecule has 3 rings (SSSR count). The maximum absolute atomic E-state index is 4.69. The number of hydrogen-bond donors (Lipinski definition) is 0. The summed E-state index contributed by atoms with van der Waals surface area (Å²) < 4.78 is 0. The van der Waals surface area contributed by atoms with Gasteiger partial charge in [-0.15, -0.1) is 11.8 Å². The number of likely N-dealkylation sites (tertiary alicyclic amines) is 1. The summed E-state index contributed by atoms with van der Waals surface area (Å²) in [5, 5.41) is 2.03. The van der Waals surface area contributed by atoms with Crippen LogP contribution in [-0.4, -0.2) is 28.7 Å². The van der Waals surface area contributed by atoms with Gasteiger partial charge in [-0.2, -0.15) is 0 Å². The first-order valence-electron chi connectivity index (χ1n) is 7.66. The van der Waals surface area contributed by atoms with Crippen molar-refractivity contribution in [2.24, 2.45) is 0 Å². The van der Waals surface area contributed by atoms with Crippen LogP contribution in [0, 0.1) is 0 Å². The van der Waals surface area contributed by atoms with E-state index in [2.05, 4.69) is 35.3 Å². The first-order chi connectivity index (χ1) is 9.33. The predicted molar refractivity (Wildman–Crippen MR) is 81.6 cm³/mol. The highest BCUT2D eigenvalue weighted by atomic mass is 32.2. The molecule has 2 fully saturated rings. The van der Waals surface area contributed by atoms with Crippen molar-refractivity contribution in [3.05, 3.63) is 23.9 Å². The molecule has 0 bridgehead atoms. The van der Waals surface area contributed by atoms with Gasteiger partial charge in [0.25, 0.3) is 0 Å². The molecule has 0 amide bonds. The number of rotatable bonds is 3. The van der Waals surface area contributed by atoms with Crippen LogP contribution >= 0.6 is 11.8 Å². The highest BCUT2D eigenvalue weighted by molar-refractivity contribution is 7.99. The number of nitrogens with zero attached hydrogens (tertiary/aromatic N) is 2. The van der Waals surface area contributed by atoms with Gasteiger partial charge in [0.2, 0.25) is 0 Å². The van der Waals surface area contributed by atoms with Gasteiger partial charge in [0.05, 0.1) is 5.03 Å². The Kier molecular flexibility index (Phi) is 4.44. The molecule has 19 heavy (non-hydrogen) atoms.